The fraction of sp³-hybridized carbons (Fsp3) is 0.438. The molecule has 4 heterocycles. The summed E-state index contributed by atoms with van der Waals surface area (Å²) in [7, 11) is 0. The molecule has 0 bridgehead atoms. The Morgan fingerprint density at radius 2 is 2.16 bits per heavy atom. The summed E-state index contributed by atoms with van der Waals surface area (Å²) < 4.78 is 8.89. The number of cyclic esters (lactones) is 1. The highest BCUT2D eigenvalue weighted by Crippen LogP contribution is 2.42. The van der Waals surface area contributed by atoms with E-state index in [-0.39, 0.29) is 23.3 Å². The van der Waals surface area contributed by atoms with E-state index in [1.54, 1.807) is 0 Å². The van der Waals surface area contributed by atoms with Crippen molar-refractivity contribution in [1.29, 1.82) is 0 Å². The summed E-state index contributed by atoms with van der Waals surface area (Å²) in [6.45, 7) is 2.64. The van der Waals surface area contributed by atoms with Gasteiger partial charge in [0.1, 0.15) is 23.7 Å². The average molecular weight is 468 g/mol. The van der Waals surface area contributed by atoms with Gasteiger partial charge < -0.3 is 25.7 Å². The third kappa shape index (κ3) is 3.59. The zero-order valence-corrected chi connectivity index (χ0v) is 17.8. The maximum absolute atomic E-state index is 12.9. The van der Waals surface area contributed by atoms with Crippen LogP contribution in [0.4, 0.5) is 5.13 Å². The van der Waals surface area contributed by atoms with Crippen molar-refractivity contribution < 1.29 is 33.9 Å². The van der Waals surface area contributed by atoms with Crippen molar-refractivity contribution in [1.82, 2.24) is 19.6 Å². The number of nitrogens with zero attached hydrogens (tertiary/aromatic N) is 4. The molecule has 1 saturated heterocycles. The Morgan fingerprint density at radius 1 is 1.42 bits per heavy atom. The standard InChI is InChI=1S/C16H16N6O7S2/c1-16(2,14(26)27)29-20-6(9-19-15(17)31-21-9)10(23)18-7-11(24)22-8-5(3-28-13(8)25)4-30-12(7)22/h7,12H,3-4H2,1-2H3,(H,18,23)(H,26,27)(H2,17,19,21)/b20-6-/t7-,12-/m1/s1. The number of carboxylic acid groups (broad SMARTS) is 1. The van der Waals surface area contributed by atoms with Crippen molar-refractivity contribution >= 4 is 57.9 Å². The summed E-state index contributed by atoms with van der Waals surface area (Å²) in [5.74, 6) is -2.89. The number of nitrogen functional groups attached to an aromatic ring is 1. The molecule has 0 unspecified atom stereocenters. The second-order valence-electron chi connectivity index (χ2n) is 7.19. The van der Waals surface area contributed by atoms with Crippen LogP contribution in [0.15, 0.2) is 16.4 Å². The van der Waals surface area contributed by atoms with Gasteiger partial charge in [-0.05, 0) is 13.8 Å². The van der Waals surface area contributed by atoms with Gasteiger partial charge in [0.2, 0.25) is 17.1 Å². The maximum Gasteiger partial charge on any atom is 0.355 e. The number of esters is 1. The molecule has 3 aliphatic rings. The Kier molecular flexibility index (Phi) is 5.09. The van der Waals surface area contributed by atoms with Crippen LogP contribution in [0, 0.1) is 0 Å². The number of fused-ring (bicyclic) bond motifs is 2. The summed E-state index contributed by atoms with van der Waals surface area (Å²) in [6.07, 6.45) is 0. The minimum Gasteiger partial charge on any atom is -0.478 e. The smallest absolute Gasteiger partial charge is 0.355 e. The zero-order valence-electron chi connectivity index (χ0n) is 16.1. The summed E-state index contributed by atoms with van der Waals surface area (Å²) in [5.41, 5.74) is 4.36. The number of carbonyl (C=O) groups is 4. The Labute approximate surface area is 182 Å². The van der Waals surface area contributed by atoms with E-state index in [9.17, 15) is 24.3 Å². The summed E-state index contributed by atoms with van der Waals surface area (Å²) in [4.78, 5) is 58.9. The van der Waals surface area contributed by atoms with Crippen LogP contribution in [-0.2, 0) is 28.8 Å². The topological polar surface area (TPSA) is 186 Å². The van der Waals surface area contributed by atoms with Crippen molar-refractivity contribution in [2.75, 3.05) is 18.1 Å². The molecule has 4 rings (SSSR count). The molecule has 0 aromatic carbocycles. The summed E-state index contributed by atoms with van der Waals surface area (Å²) in [5, 5.41) is 14.9. The van der Waals surface area contributed by atoms with Crippen LogP contribution in [0.25, 0.3) is 0 Å². The van der Waals surface area contributed by atoms with E-state index >= 15 is 0 Å². The van der Waals surface area contributed by atoms with Gasteiger partial charge in [-0.15, -0.1) is 11.8 Å². The number of ether oxygens (including phenoxy) is 1. The van der Waals surface area contributed by atoms with Crippen LogP contribution in [-0.4, -0.2) is 78.2 Å². The van der Waals surface area contributed by atoms with E-state index in [0.29, 0.717) is 5.75 Å². The number of thioether (sulfide) groups is 1. The lowest BCUT2D eigenvalue weighted by Crippen LogP contribution is -2.70. The van der Waals surface area contributed by atoms with E-state index in [4.69, 9.17) is 15.3 Å². The largest absolute Gasteiger partial charge is 0.478 e. The third-order valence-electron chi connectivity index (χ3n) is 4.65. The Balaban J connectivity index is 1.54. The van der Waals surface area contributed by atoms with Gasteiger partial charge in [0.05, 0.1) is 0 Å². The first-order valence-corrected chi connectivity index (χ1v) is 10.7. The Hall–Kier alpha value is -3.20. The number of amides is 2. The van der Waals surface area contributed by atoms with Gasteiger partial charge in [-0.2, -0.15) is 9.36 Å². The fourth-order valence-electron chi connectivity index (χ4n) is 2.93. The first kappa shape index (κ1) is 21.0. The maximum atomic E-state index is 12.9. The van der Waals surface area contributed by atoms with Gasteiger partial charge in [0.15, 0.2) is 5.13 Å². The molecule has 3 aliphatic heterocycles. The second kappa shape index (κ2) is 7.49. The van der Waals surface area contributed by atoms with Crippen molar-refractivity contribution in [3.05, 3.63) is 17.1 Å². The number of oxime groups is 1. The normalized spacial score (nSPS) is 23.0. The van der Waals surface area contributed by atoms with Crippen molar-refractivity contribution in [3.8, 4) is 0 Å². The number of hydrogen-bond donors (Lipinski definition) is 3. The van der Waals surface area contributed by atoms with Gasteiger partial charge in [-0.25, -0.2) is 9.59 Å². The highest BCUT2D eigenvalue weighted by molar-refractivity contribution is 8.00. The molecule has 1 fully saturated rings. The number of aromatic nitrogens is 2. The molecule has 164 valence electrons. The number of β-lactam (4-membered cyclic amide) rings is 1. The molecule has 0 radical (unpaired) electrons. The zero-order chi connectivity index (χ0) is 22.5. The van der Waals surface area contributed by atoms with E-state index in [0.717, 1.165) is 17.1 Å². The molecule has 0 aliphatic carbocycles. The van der Waals surface area contributed by atoms with Gasteiger partial charge in [0.25, 0.3) is 11.8 Å². The summed E-state index contributed by atoms with van der Waals surface area (Å²) >= 11 is 2.19. The minimum atomic E-state index is -1.74. The molecule has 31 heavy (non-hydrogen) atoms. The van der Waals surface area contributed by atoms with Crippen LogP contribution in [0.1, 0.15) is 19.7 Å². The molecule has 1 aromatic rings. The fourth-order valence-corrected chi connectivity index (χ4v) is 4.69. The summed E-state index contributed by atoms with van der Waals surface area (Å²) in [6, 6.07) is -0.936. The quantitative estimate of drug-likeness (QED) is 0.199. The van der Waals surface area contributed by atoms with Gasteiger partial charge in [0, 0.05) is 22.9 Å². The third-order valence-corrected chi connectivity index (χ3v) is 6.54. The number of rotatable bonds is 6. The molecular weight excluding hydrogens is 452 g/mol. The lowest BCUT2D eigenvalue weighted by molar-refractivity contribution is -0.161. The highest BCUT2D eigenvalue weighted by atomic mass is 32.2. The van der Waals surface area contributed by atoms with E-state index in [1.807, 2.05) is 0 Å². The minimum absolute atomic E-state index is 0.0564. The van der Waals surface area contributed by atoms with Crippen molar-refractivity contribution in [2.45, 2.75) is 30.9 Å². The number of anilines is 1. The first-order chi connectivity index (χ1) is 14.6. The van der Waals surface area contributed by atoms with E-state index in [2.05, 4.69) is 19.8 Å². The second-order valence-corrected chi connectivity index (χ2v) is 9.08. The molecule has 15 heteroatoms. The van der Waals surface area contributed by atoms with Gasteiger partial charge >= 0.3 is 11.9 Å². The van der Waals surface area contributed by atoms with Gasteiger partial charge in [-0.3, -0.25) is 14.5 Å². The van der Waals surface area contributed by atoms with Crippen LogP contribution in [0.5, 0.6) is 0 Å². The predicted molar refractivity (Wildman–Crippen MR) is 107 cm³/mol. The van der Waals surface area contributed by atoms with Crippen LogP contribution < -0.4 is 11.1 Å². The lowest BCUT2D eigenvalue weighted by Gasteiger charge is -2.48. The molecule has 1 aromatic heterocycles. The first-order valence-electron chi connectivity index (χ1n) is 8.84. The number of hydrogen-bond acceptors (Lipinski definition) is 12. The van der Waals surface area contributed by atoms with Crippen molar-refractivity contribution in [3.63, 3.8) is 0 Å². The average Bonchev–Trinajstić information content (AvgIpc) is 3.30. The number of aliphatic carboxylic acids is 1. The van der Waals surface area contributed by atoms with Crippen molar-refractivity contribution in [2.24, 2.45) is 5.16 Å². The number of carboxylic acids is 1. The van der Waals surface area contributed by atoms with E-state index in [1.165, 1.54) is 30.5 Å². The number of nitrogens with one attached hydrogen (secondary N) is 1. The molecule has 0 saturated carbocycles. The monoisotopic (exact) mass is 468 g/mol. The van der Waals surface area contributed by atoms with Crippen LogP contribution >= 0.6 is 23.3 Å². The molecular formula is C16H16N6O7S2. The Bertz CT molecular complexity index is 1060. The van der Waals surface area contributed by atoms with Gasteiger partial charge in [-0.1, -0.05) is 5.16 Å². The molecule has 2 amide bonds. The number of nitrogens with two attached hydrogens (primary N) is 1. The van der Waals surface area contributed by atoms with E-state index < -0.39 is 46.5 Å². The highest BCUT2D eigenvalue weighted by Gasteiger charge is 2.56. The SMILES string of the molecule is CC(C)(O/N=C(\C(=O)N[C@@H]1C(=O)N2C3=C(COC3=O)CS[C@H]12)c1nsc(N)n1)C(=O)O. The molecule has 0 spiro atoms. The number of carbonyl (C=O) groups excluding carboxylic acids is 3. The predicted octanol–water partition coefficient (Wildman–Crippen LogP) is -1.08. The molecule has 2 atom stereocenters. The van der Waals surface area contributed by atoms with Crippen LogP contribution in [0.2, 0.25) is 0 Å². The molecule has 13 nitrogen and oxygen atoms in total. The molecule has 4 N–H and O–H groups in total. The Morgan fingerprint density at radius 3 is 2.81 bits per heavy atom. The van der Waals surface area contributed by atoms with Crippen LogP contribution in [0.3, 0.4) is 0 Å². The lowest BCUT2D eigenvalue weighted by atomic mass is 10.0.